The molecule has 3 aromatic rings. The number of aromatic nitrogens is 2. The van der Waals surface area contributed by atoms with Gasteiger partial charge in [0.15, 0.2) is 0 Å². The van der Waals surface area contributed by atoms with Gasteiger partial charge in [-0.3, -0.25) is 14.8 Å². The van der Waals surface area contributed by atoms with E-state index in [0.717, 1.165) is 17.8 Å². The van der Waals surface area contributed by atoms with E-state index >= 15 is 0 Å². The van der Waals surface area contributed by atoms with Gasteiger partial charge in [-0.25, -0.2) is 0 Å². The molecule has 1 aromatic carbocycles. The zero-order valence-corrected chi connectivity index (χ0v) is 24.8. The maximum absolute atomic E-state index is 12.8. The summed E-state index contributed by atoms with van der Waals surface area (Å²) in [5, 5.41) is 0.543. The van der Waals surface area contributed by atoms with Crippen LogP contribution in [0, 0.1) is 5.41 Å². The van der Waals surface area contributed by atoms with Crippen LogP contribution in [-0.2, 0) is 16.4 Å². The zero-order chi connectivity index (χ0) is 26.4. The van der Waals surface area contributed by atoms with Gasteiger partial charge in [-0.15, -0.1) is 9.24 Å². The van der Waals surface area contributed by atoms with Crippen LogP contribution >= 0.6 is 17.2 Å². The number of carbonyl (C=O) groups is 1. The Hall–Kier alpha value is -1.95. The summed E-state index contributed by atoms with van der Waals surface area (Å²) in [6.07, 6.45) is 5.97. The summed E-state index contributed by atoms with van der Waals surface area (Å²) in [5.41, 5.74) is 4.65. The molecule has 0 saturated carbocycles. The summed E-state index contributed by atoms with van der Waals surface area (Å²) < 4.78 is 0. The van der Waals surface area contributed by atoms with E-state index in [-0.39, 0.29) is 15.7 Å². The van der Waals surface area contributed by atoms with Crippen LogP contribution in [0.2, 0.25) is 0 Å². The fourth-order valence-corrected chi connectivity index (χ4v) is 11.1. The molecule has 1 aliphatic rings. The predicted molar refractivity (Wildman–Crippen MR) is 157 cm³/mol. The number of Topliss-reactive ketones (excluding diaryl/α,β-unsaturated/α-hetero) is 1. The molecule has 0 spiro atoms. The molecule has 0 radical (unpaired) electrons. The third-order valence-electron chi connectivity index (χ3n) is 7.07. The Labute approximate surface area is 220 Å². The van der Waals surface area contributed by atoms with Crippen molar-refractivity contribution in [2.45, 2.75) is 83.2 Å². The van der Waals surface area contributed by atoms with Gasteiger partial charge in [-0.05, 0) is 62.8 Å². The van der Waals surface area contributed by atoms with Gasteiger partial charge in [-0.2, -0.15) is 0 Å². The standard InChI is InChI=1S/C31H40N2OP2/c1-28(2,3)19-22-14-15-25(36-29(4,5)20-23(34)21-30(36,6)7)24(18-22)31(35,26-12-8-10-16-32-26)27-13-9-11-17-33-27/h8-18H,19-21,35H2,1-7H3. The van der Waals surface area contributed by atoms with Crippen molar-refractivity contribution >= 4 is 28.2 Å². The zero-order valence-electron chi connectivity index (χ0n) is 22.8. The number of nitrogens with zero attached hydrogens (tertiary/aromatic N) is 2. The quantitative estimate of drug-likeness (QED) is 0.334. The second kappa shape index (κ2) is 9.74. The summed E-state index contributed by atoms with van der Waals surface area (Å²) in [6.45, 7) is 16.0. The molecule has 1 aliphatic heterocycles. The van der Waals surface area contributed by atoms with Gasteiger partial charge in [0.2, 0.25) is 0 Å². The first-order valence-electron chi connectivity index (χ1n) is 12.8. The largest absolute Gasteiger partial charge is 0.300 e. The summed E-state index contributed by atoms with van der Waals surface area (Å²) >= 11 is 0. The Morgan fingerprint density at radius 3 is 1.83 bits per heavy atom. The molecule has 190 valence electrons. The highest BCUT2D eigenvalue weighted by Gasteiger charge is 2.50. The van der Waals surface area contributed by atoms with Crippen LogP contribution in [-0.4, -0.2) is 26.1 Å². The Balaban J connectivity index is 2.05. The van der Waals surface area contributed by atoms with E-state index in [1.807, 2.05) is 24.5 Å². The molecule has 1 saturated heterocycles. The second-order valence-corrected chi connectivity index (χ2v) is 17.1. The van der Waals surface area contributed by atoms with Crippen molar-refractivity contribution in [2.24, 2.45) is 5.41 Å². The number of ketones is 1. The molecule has 1 unspecified atom stereocenters. The van der Waals surface area contributed by atoms with Crippen LogP contribution in [0.5, 0.6) is 0 Å². The highest BCUT2D eigenvalue weighted by Crippen LogP contribution is 2.65. The molecular formula is C31H40N2OP2. The first kappa shape index (κ1) is 27.1. The van der Waals surface area contributed by atoms with Crippen LogP contribution in [0.3, 0.4) is 0 Å². The van der Waals surface area contributed by atoms with Gasteiger partial charge in [-0.1, -0.05) is 86.7 Å². The van der Waals surface area contributed by atoms with Crippen molar-refractivity contribution in [1.29, 1.82) is 0 Å². The lowest BCUT2D eigenvalue weighted by molar-refractivity contribution is -0.120. The fraction of sp³-hybridized carbons (Fsp3) is 0.452. The van der Waals surface area contributed by atoms with E-state index in [0.29, 0.717) is 18.6 Å². The van der Waals surface area contributed by atoms with Gasteiger partial charge >= 0.3 is 0 Å². The van der Waals surface area contributed by atoms with Crippen molar-refractivity contribution in [3.8, 4) is 0 Å². The lowest BCUT2D eigenvalue weighted by Crippen LogP contribution is -2.45. The second-order valence-electron chi connectivity index (χ2n) is 12.7. The number of pyridine rings is 2. The Kier molecular flexibility index (Phi) is 7.33. The van der Waals surface area contributed by atoms with Gasteiger partial charge in [0.05, 0.1) is 16.5 Å². The molecule has 0 aliphatic carbocycles. The lowest BCUT2D eigenvalue weighted by Gasteiger charge is -2.50. The SMILES string of the molecule is CC(C)(C)Cc1ccc(P2C(C)(C)CC(=O)CC2(C)C)c(C(P)(c2ccccn2)c2ccccn2)c1. The van der Waals surface area contributed by atoms with Crippen LogP contribution in [0.25, 0.3) is 0 Å². The van der Waals surface area contributed by atoms with Crippen molar-refractivity contribution in [1.82, 2.24) is 9.97 Å². The molecule has 0 N–H and O–H groups in total. The van der Waals surface area contributed by atoms with Crippen LogP contribution < -0.4 is 5.30 Å². The predicted octanol–water partition coefficient (Wildman–Crippen LogP) is 7.26. The minimum Gasteiger partial charge on any atom is -0.300 e. The third kappa shape index (κ3) is 5.34. The van der Waals surface area contributed by atoms with E-state index in [4.69, 9.17) is 9.97 Å². The van der Waals surface area contributed by atoms with Crippen molar-refractivity contribution < 1.29 is 4.79 Å². The van der Waals surface area contributed by atoms with E-state index in [1.165, 1.54) is 16.4 Å². The Bertz CT molecular complexity index is 1170. The molecule has 36 heavy (non-hydrogen) atoms. The van der Waals surface area contributed by atoms with Crippen LogP contribution in [0.4, 0.5) is 0 Å². The number of benzene rings is 1. The van der Waals surface area contributed by atoms with E-state index in [9.17, 15) is 4.79 Å². The van der Waals surface area contributed by atoms with E-state index in [1.54, 1.807) is 0 Å². The fourth-order valence-electron chi connectivity index (χ4n) is 6.07. The van der Waals surface area contributed by atoms with Gasteiger partial charge < -0.3 is 0 Å². The van der Waals surface area contributed by atoms with Gasteiger partial charge in [0.25, 0.3) is 0 Å². The lowest BCUT2D eigenvalue weighted by atomic mass is 9.84. The molecule has 3 heterocycles. The van der Waals surface area contributed by atoms with Gasteiger partial charge in [0.1, 0.15) is 5.78 Å². The van der Waals surface area contributed by atoms with Crippen molar-refractivity contribution in [3.63, 3.8) is 0 Å². The molecule has 1 atom stereocenters. The molecule has 2 aromatic heterocycles. The Morgan fingerprint density at radius 2 is 1.39 bits per heavy atom. The highest BCUT2D eigenvalue weighted by molar-refractivity contribution is 7.69. The first-order valence-corrected chi connectivity index (χ1v) is 14.7. The number of carbonyl (C=O) groups excluding carboxylic acids is 1. The molecule has 0 bridgehead atoms. The highest BCUT2D eigenvalue weighted by atomic mass is 31.1. The summed E-state index contributed by atoms with van der Waals surface area (Å²) in [5.74, 6) is 0.376. The maximum atomic E-state index is 12.8. The first-order chi connectivity index (χ1) is 16.7. The monoisotopic (exact) mass is 518 g/mol. The summed E-state index contributed by atoms with van der Waals surface area (Å²) in [4.78, 5) is 22.5. The number of hydrogen-bond donors (Lipinski definition) is 0. The molecule has 4 rings (SSSR count). The minimum absolute atomic E-state index is 0.103. The Morgan fingerprint density at radius 1 is 0.861 bits per heavy atom. The maximum Gasteiger partial charge on any atom is 0.134 e. The van der Waals surface area contributed by atoms with Gasteiger partial charge in [0, 0.05) is 25.2 Å². The van der Waals surface area contributed by atoms with Crippen molar-refractivity contribution in [3.05, 3.63) is 89.5 Å². The number of hydrogen-bond acceptors (Lipinski definition) is 3. The van der Waals surface area contributed by atoms with Crippen molar-refractivity contribution in [2.75, 3.05) is 0 Å². The molecule has 5 heteroatoms. The van der Waals surface area contributed by atoms with Crippen LogP contribution in [0.15, 0.2) is 67.0 Å². The molecule has 1 fully saturated rings. The molecule has 3 nitrogen and oxygen atoms in total. The molecular weight excluding hydrogens is 478 g/mol. The number of rotatable bonds is 5. The normalized spacial score (nSPS) is 18.3. The summed E-state index contributed by atoms with van der Waals surface area (Å²) in [6, 6.07) is 19.3. The molecule has 0 amide bonds. The third-order valence-corrected chi connectivity index (χ3v) is 11.6. The smallest absolute Gasteiger partial charge is 0.134 e. The summed E-state index contributed by atoms with van der Waals surface area (Å²) in [7, 11) is 2.47. The average molecular weight is 519 g/mol. The topological polar surface area (TPSA) is 42.9 Å². The average Bonchev–Trinajstić information content (AvgIpc) is 2.77. The van der Waals surface area contributed by atoms with Crippen LogP contribution in [0.1, 0.15) is 83.8 Å². The van der Waals surface area contributed by atoms with E-state index in [2.05, 4.69) is 100 Å². The van der Waals surface area contributed by atoms with E-state index < -0.39 is 13.1 Å². The minimum atomic E-state index is -0.681.